The number of fused-ring (bicyclic) bond motifs is 7. The minimum atomic E-state index is -1.34. The van der Waals surface area contributed by atoms with Gasteiger partial charge in [-0.1, -0.05) is 11.6 Å². The number of carbonyl (C=O) groups is 3. The van der Waals surface area contributed by atoms with Crippen LogP contribution in [0.1, 0.15) is 24.0 Å². The zero-order valence-corrected chi connectivity index (χ0v) is 19.7. The van der Waals surface area contributed by atoms with Gasteiger partial charge < -0.3 is 10.1 Å². The average Bonchev–Trinajstić information content (AvgIpc) is 3.52. The summed E-state index contributed by atoms with van der Waals surface area (Å²) in [5.41, 5.74) is 0.196. The molecule has 4 aliphatic rings. The van der Waals surface area contributed by atoms with Crippen LogP contribution in [-0.4, -0.2) is 47.2 Å². The minimum Gasteiger partial charge on any atom is -0.490 e. The van der Waals surface area contributed by atoms with Gasteiger partial charge in [-0.05, 0) is 50.1 Å². The summed E-state index contributed by atoms with van der Waals surface area (Å²) in [5, 5.41) is 14.8. The maximum atomic E-state index is 14.1. The SMILES string of the molecule is COc1cc(N2C(=O)[C@H]3[C@H]4CCCN4[C@@]4(C(=O)Nc5ccc(Cl)cc54)[C@@H]3C2=O)c(C)cc1[N+](=O)[O-]. The summed E-state index contributed by atoms with van der Waals surface area (Å²) in [6.07, 6.45) is 1.48. The number of hydrogen-bond donors (Lipinski definition) is 1. The molecule has 0 aromatic heterocycles. The van der Waals surface area contributed by atoms with Gasteiger partial charge in [0.1, 0.15) is 5.54 Å². The number of rotatable bonds is 3. The molecule has 1 N–H and O–H groups in total. The first kappa shape index (κ1) is 22.0. The molecule has 11 heteroatoms. The molecule has 4 aliphatic heterocycles. The van der Waals surface area contributed by atoms with Crippen LogP contribution in [0.3, 0.4) is 0 Å². The molecule has 0 saturated carbocycles. The average molecular weight is 497 g/mol. The Labute approximate surface area is 204 Å². The standard InChI is InChI=1S/C24H21ClN4O6/c1-11-8-17(29(33)34)18(35-2)10-16(11)28-21(30)19-15-4-3-7-27(15)24(20(19)22(28)31)13-9-12(25)5-6-14(13)26-23(24)32/h5-6,8-10,15,19-20H,3-4,7H2,1-2H3,(H,26,32)/t15-,19+,20+,24-/m1/s1. The molecule has 4 atom stereocenters. The number of aryl methyl sites for hydroxylation is 1. The molecule has 2 aromatic rings. The van der Waals surface area contributed by atoms with Crippen LogP contribution in [0.25, 0.3) is 0 Å². The molecule has 3 fully saturated rings. The number of ether oxygens (including phenoxy) is 1. The third kappa shape index (κ3) is 2.61. The van der Waals surface area contributed by atoms with E-state index in [4.69, 9.17) is 16.3 Å². The summed E-state index contributed by atoms with van der Waals surface area (Å²) in [6, 6.07) is 7.45. The van der Waals surface area contributed by atoms with Crippen LogP contribution in [0.4, 0.5) is 17.1 Å². The predicted molar refractivity (Wildman–Crippen MR) is 125 cm³/mol. The van der Waals surface area contributed by atoms with Gasteiger partial charge in [0.25, 0.3) is 0 Å². The lowest BCUT2D eigenvalue weighted by atomic mass is 9.75. The van der Waals surface area contributed by atoms with Crippen molar-refractivity contribution in [3.8, 4) is 5.75 Å². The normalized spacial score (nSPS) is 28.9. The highest BCUT2D eigenvalue weighted by molar-refractivity contribution is 6.31. The Morgan fingerprint density at radius 3 is 2.69 bits per heavy atom. The molecule has 10 nitrogen and oxygen atoms in total. The van der Waals surface area contributed by atoms with E-state index in [1.165, 1.54) is 19.2 Å². The lowest BCUT2D eigenvalue weighted by Crippen LogP contribution is -2.54. The molecule has 0 radical (unpaired) electrons. The third-order valence-electron chi connectivity index (χ3n) is 7.89. The summed E-state index contributed by atoms with van der Waals surface area (Å²) in [5.74, 6) is -2.97. The molecular formula is C24H21ClN4O6. The maximum absolute atomic E-state index is 14.1. The Bertz CT molecular complexity index is 1360. The van der Waals surface area contributed by atoms with Crippen molar-refractivity contribution in [3.63, 3.8) is 0 Å². The number of nitro groups is 1. The number of nitro benzene ring substituents is 1. The predicted octanol–water partition coefficient (Wildman–Crippen LogP) is 3.00. The summed E-state index contributed by atoms with van der Waals surface area (Å²) < 4.78 is 5.19. The highest BCUT2D eigenvalue weighted by Crippen LogP contribution is 2.61. The van der Waals surface area contributed by atoms with E-state index >= 15 is 0 Å². The van der Waals surface area contributed by atoms with E-state index in [1.54, 1.807) is 25.1 Å². The molecule has 1 spiro atoms. The molecule has 3 saturated heterocycles. The van der Waals surface area contributed by atoms with Crippen LogP contribution in [-0.2, 0) is 19.9 Å². The second kappa shape index (κ2) is 7.25. The Kier molecular flexibility index (Phi) is 4.56. The van der Waals surface area contributed by atoms with Crippen LogP contribution in [0, 0.1) is 28.9 Å². The summed E-state index contributed by atoms with van der Waals surface area (Å²) in [4.78, 5) is 55.6. The van der Waals surface area contributed by atoms with Gasteiger partial charge in [0.05, 0.1) is 29.6 Å². The zero-order valence-electron chi connectivity index (χ0n) is 18.9. The van der Waals surface area contributed by atoms with Gasteiger partial charge in [-0.2, -0.15) is 0 Å². The molecule has 35 heavy (non-hydrogen) atoms. The van der Waals surface area contributed by atoms with E-state index < -0.39 is 34.1 Å². The summed E-state index contributed by atoms with van der Waals surface area (Å²) in [6.45, 7) is 2.19. The van der Waals surface area contributed by atoms with Crippen molar-refractivity contribution in [2.45, 2.75) is 31.3 Å². The first-order chi connectivity index (χ1) is 16.7. The molecule has 2 aromatic carbocycles. The quantitative estimate of drug-likeness (QED) is 0.393. The fourth-order valence-corrected chi connectivity index (χ4v) is 6.79. The van der Waals surface area contributed by atoms with E-state index in [0.717, 1.165) is 11.3 Å². The van der Waals surface area contributed by atoms with Crippen molar-refractivity contribution in [2.24, 2.45) is 11.8 Å². The number of benzene rings is 2. The van der Waals surface area contributed by atoms with Crippen LogP contribution < -0.4 is 15.0 Å². The third-order valence-corrected chi connectivity index (χ3v) is 8.12. The smallest absolute Gasteiger partial charge is 0.311 e. The van der Waals surface area contributed by atoms with Gasteiger partial charge >= 0.3 is 5.69 Å². The first-order valence-corrected chi connectivity index (χ1v) is 11.7. The second-order valence-electron chi connectivity index (χ2n) is 9.40. The van der Waals surface area contributed by atoms with E-state index in [9.17, 15) is 24.5 Å². The van der Waals surface area contributed by atoms with E-state index in [-0.39, 0.29) is 29.1 Å². The van der Waals surface area contributed by atoms with Crippen molar-refractivity contribution < 1.29 is 24.0 Å². The Morgan fingerprint density at radius 2 is 1.97 bits per heavy atom. The van der Waals surface area contributed by atoms with Gasteiger partial charge in [0, 0.05) is 34.4 Å². The fourth-order valence-electron chi connectivity index (χ4n) is 6.62. The highest BCUT2D eigenvalue weighted by atomic mass is 35.5. The number of carbonyl (C=O) groups excluding carboxylic acids is 3. The van der Waals surface area contributed by atoms with Gasteiger partial charge in [-0.25, -0.2) is 4.90 Å². The number of methoxy groups -OCH3 is 1. The lowest BCUT2D eigenvalue weighted by Gasteiger charge is -2.36. The second-order valence-corrected chi connectivity index (χ2v) is 9.83. The number of amides is 3. The van der Waals surface area contributed by atoms with Crippen LogP contribution in [0.5, 0.6) is 5.75 Å². The Balaban J connectivity index is 1.54. The van der Waals surface area contributed by atoms with Crippen molar-refractivity contribution in [2.75, 3.05) is 23.9 Å². The Morgan fingerprint density at radius 1 is 1.20 bits per heavy atom. The molecule has 4 heterocycles. The molecule has 0 bridgehead atoms. The van der Waals surface area contributed by atoms with Gasteiger partial charge in [-0.15, -0.1) is 0 Å². The van der Waals surface area contributed by atoms with E-state index in [0.29, 0.717) is 34.8 Å². The molecule has 180 valence electrons. The van der Waals surface area contributed by atoms with Crippen LogP contribution in [0.2, 0.25) is 5.02 Å². The number of halogens is 1. The van der Waals surface area contributed by atoms with Gasteiger partial charge in [-0.3, -0.25) is 29.4 Å². The first-order valence-electron chi connectivity index (χ1n) is 11.3. The van der Waals surface area contributed by atoms with Crippen LogP contribution in [0.15, 0.2) is 30.3 Å². The number of nitrogens with zero attached hydrogens (tertiary/aromatic N) is 3. The number of anilines is 2. The summed E-state index contributed by atoms with van der Waals surface area (Å²) >= 11 is 6.31. The summed E-state index contributed by atoms with van der Waals surface area (Å²) in [7, 11) is 1.29. The van der Waals surface area contributed by atoms with Crippen molar-refractivity contribution in [3.05, 3.63) is 56.6 Å². The van der Waals surface area contributed by atoms with E-state index in [2.05, 4.69) is 5.32 Å². The minimum absolute atomic E-state index is 0.0544. The van der Waals surface area contributed by atoms with Gasteiger partial charge in [0.2, 0.25) is 17.7 Å². The maximum Gasteiger partial charge on any atom is 0.311 e. The van der Waals surface area contributed by atoms with Crippen molar-refractivity contribution in [1.29, 1.82) is 0 Å². The molecule has 6 rings (SSSR count). The van der Waals surface area contributed by atoms with E-state index in [1.807, 2.05) is 4.90 Å². The van der Waals surface area contributed by atoms with Crippen molar-refractivity contribution in [1.82, 2.24) is 4.90 Å². The zero-order chi connectivity index (χ0) is 24.8. The highest BCUT2D eigenvalue weighted by Gasteiger charge is 2.74. The topological polar surface area (TPSA) is 122 Å². The molecular weight excluding hydrogens is 476 g/mol. The molecule has 3 amide bonds. The largest absolute Gasteiger partial charge is 0.490 e. The number of imide groups is 1. The number of nitrogens with one attached hydrogen (secondary N) is 1. The number of hydrogen-bond acceptors (Lipinski definition) is 7. The fraction of sp³-hybridized carbons (Fsp3) is 0.375. The Hall–Kier alpha value is -3.50. The van der Waals surface area contributed by atoms with Gasteiger partial charge in [0.15, 0.2) is 5.75 Å². The molecule has 0 unspecified atom stereocenters. The van der Waals surface area contributed by atoms with Crippen molar-refractivity contribution >= 4 is 46.4 Å². The molecule has 0 aliphatic carbocycles. The lowest BCUT2D eigenvalue weighted by molar-refractivity contribution is -0.385. The van der Waals surface area contributed by atoms with Crippen LogP contribution >= 0.6 is 11.6 Å². The monoisotopic (exact) mass is 496 g/mol.